The third kappa shape index (κ3) is 7.30. The molecule has 0 N–H and O–H groups in total. The van der Waals surface area contributed by atoms with Crippen LogP contribution in [0.5, 0.6) is 0 Å². The molecule has 0 aliphatic carbocycles. The van der Waals surface area contributed by atoms with Crippen LogP contribution in [0.4, 0.5) is 0 Å². The highest BCUT2D eigenvalue weighted by atomic mass is 32.2. The summed E-state index contributed by atoms with van der Waals surface area (Å²) in [7, 11) is 5.63. The lowest BCUT2D eigenvalue weighted by Crippen LogP contribution is -2.60. The third-order valence-corrected chi connectivity index (χ3v) is 5.74. The SMILES string of the molecule is [B]OC1[C@@H](Sc2ccc(C)cc2)OC(COC(C)=O)[C@@H](OC(C)=O)[C@@H]1OCCCC. The van der Waals surface area contributed by atoms with Gasteiger partial charge in [0.05, 0.1) is 0 Å². The predicted octanol–water partition coefficient (Wildman–Crippen LogP) is 2.96. The Morgan fingerprint density at radius 2 is 1.80 bits per heavy atom. The van der Waals surface area contributed by atoms with Crippen molar-refractivity contribution < 1.29 is 33.2 Å². The fourth-order valence-corrected chi connectivity index (χ4v) is 4.20. The molecule has 5 atom stereocenters. The molecule has 1 heterocycles. The highest BCUT2D eigenvalue weighted by molar-refractivity contribution is 7.99. The summed E-state index contributed by atoms with van der Waals surface area (Å²) in [5.74, 6) is -0.954. The van der Waals surface area contributed by atoms with Gasteiger partial charge < -0.3 is 23.6 Å². The number of unbranched alkanes of at least 4 members (excludes halogenated alkanes) is 1. The van der Waals surface area contributed by atoms with Crippen molar-refractivity contribution in [3.8, 4) is 0 Å². The molecule has 2 rings (SSSR count). The smallest absolute Gasteiger partial charge is 0.303 e. The van der Waals surface area contributed by atoms with E-state index in [1.165, 1.54) is 25.6 Å². The number of rotatable bonds is 10. The maximum Gasteiger partial charge on any atom is 0.303 e. The maximum absolute atomic E-state index is 11.8. The molecule has 1 aliphatic heterocycles. The van der Waals surface area contributed by atoms with E-state index >= 15 is 0 Å². The number of ether oxygens (including phenoxy) is 4. The predicted molar refractivity (Wildman–Crippen MR) is 113 cm³/mol. The minimum atomic E-state index is -0.831. The first-order valence-electron chi connectivity index (χ1n) is 10.0. The van der Waals surface area contributed by atoms with Gasteiger partial charge in [-0.05, 0) is 25.5 Å². The van der Waals surface area contributed by atoms with Gasteiger partial charge in [-0.25, -0.2) is 0 Å². The maximum atomic E-state index is 11.8. The van der Waals surface area contributed by atoms with Crippen LogP contribution in [0.3, 0.4) is 0 Å². The van der Waals surface area contributed by atoms with E-state index in [1.807, 2.05) is 38.1 Å². The van der Waals surface area contributed by atoms with Gasteiger partial charge in [0.15, 0.2) is 6.10 Å². The van der Waals surface area contributed by atoms with Crippen LogP contribution in [-0.4, -0.2) is 63.1 Å². The van der Waals surface area contributed by atoms with Crippen LogP contribution in [0.25, 0.3) is 0 Å². The van der Waals surface area contributed by atoms with E-state index in [0.29, 0.717) is 6.61 Å². The summed E-state index contributed by atoms with van der Waals surface area (Å²) < 4.78 is 28.1. The number of thioether (sulfide) groups is 1. The van der Waals surface area contributed by atoms with E-state index < -0.39 is 41.8 Å². The summed E-state index contributed by atoms with van der Waals surface area (Å²) in [6, 6.07) is 7.94. The number of benzene rings is 1. The molecule has 0 saturated carbocycles. The van der Waals surface area contributed by atoms with Gasteiger partial charge in [0.1, 0.15) is 30.4 Å². The lowest BCUT2D eigenvalue weighted by Gasteiger charge is -2.45. The average molecular weight is 436 g/mol. The van der Waals surface area contributed by atoms with Gasteiger partial charge in [0.25, 0.3) is 8.05 Å². The quantitative estimate of drug-likeness (QED) is 0.315. The summed E-state index contributed by atoms with van der Waals surface area (Å²) in [6.45, 7) is 7.03. The summed E-state index contributed by atoms with van der Waals surface area (Å²) in [6.07, 6.45) is -1.17. The second kappa shape index (κ2) is 12.3. The molecule has 30 heavy (non-hydrogen) atoms. The van der Waals surface area contributed by atoms with Gasteiger partial charge in [-0.15, -0.1) is 0 Å². The molecule has 0 bridgehead atoms. The molecule has 0 amide bonds. The van der Waals surface area contributed by atoms with Gasteiger partial charge in [-0.1, -0.05) is 42.8 Å². The molecule has 1 aromatic rings. The molecule has 164 valence electrons. The van der Waals surface area contributed by atoms with Crippen LogP contribution in [0.15, 0.2) is 29.2 Å². The summed E-state index contributed by atoms with van der Waals surface area (Å²) in [4.78, 5) is 24.1. The lowest BCUT2D eigenvalue weighted by molar-refractivity contribution is -0.228. The van der Waals surface area contributed by atoms with Crippen molar-refractivity contribution in [3.63, 3.8) is 0 Å². The molecule has 1 aromatic carbocycles. The van der Waals surface area contributed by atoms with Crippen molar-refractivity contribution in [1.82, 2.24) is 0 Å². The molecule has 2 unspecified atom stereocenters. The first-order valence-corrected chi connectivity index (χ1v) is 10.9. The van der Waals surface area contributed by atoms with E-state index in [9.17, 15) is 9.59 Å². The summed E-state index contributed by atoms with van der Waals surface area (Å²) >= 11 is 1.42. The first kappa shape index (κ1) is 24.7. The Balaban J connectivity index is 2.29. The standard InChI is InChI=1S/C21H29BO7S/c1-5-6-11-25-19-18(27-15(4)24)17(12-26-14(3)23)28-21(20(19)29-22)30-16-9-7-13(2)8-10-16/h7-10,17-21H,5-6,11-12H2,1-4H3/t17?,18-,19+,20?,21-/m1/s1. The molecule has 0 aromatic heterocycles. The Morgan fingerprint density at radius 1 is 1.10 bits per heavy atom. The van der Waals surface area contributed by atoms with Crippen molar-refractivity contribution in [2.75, 3.05) is 13.2 Å². The van der Waals surface area contributed by atoms with E-state index in [4.69, 9.17) is 31.7 Å². The van der Waals surface area contributed by atoms with Crippen LogP contribution in [0.2, 0.25) is 0 Å². The van der Waals surface area contributed by atoms with Gasteiger partial charge >= 0.3 is 11.9 Å². The molecule has 2 radical (unpaired) electrons. The van der Waals surface area contributed by atoms with Gasteiger partial charge in [0, 0.05) is 25.3 Å². The van der Waals surface area contributed by atoms with Crippen molar-refractivity contribution in [2.24, 2.45) is 0 Å². The Bertz CT molecular complexity index is 684. The topological polar surface area (TPSA) is 80.3 Å². The number of hydrogen-bond acceptors (Lipinski definition) is 8. The van der Waals surface area contributed by atoms with Crippen LogP contribution in [0, 0.1) is 6.92 Å². The fraction of sp³-hybridized carbons (Fsp3) is 0.619. The van der Waals surface area contributed by atoms with Crippen LogP contribution < -0.4 is 0 Å². The van der Waals surface area contributed by atoms with Crippen LogP contribution in [0.1, 0.15) is 39.2 Å². The molecule has 1 fully saturated rings. The normalized spacial score (nSPS) is 26.2. The van der Waals surface area contributed by atoms with Gasteiger partial charge in [-0.3, -0.25) is 9.59 Å². The minimum absolute atomic E-state index is 0.0802. The lowest BCUT2D eigenvalue weighted by atomic mass is 9.98. The van der Waals surface area contributed by atoms with Crippen LogP contribution in [-0.2, 0) is 33.2 Å². The number of aryl methyl sites for hydroxylation is 1. The second-order valence-corrected chi connectivity index (χ2v) is 8.31. The van der Waals surface area contributed by atoms with Crippen molar-refractivity contribution in [2.45, 2.75) is 75.3 Å². The number of carbonyl (C=O) groups excluding carboxylic acids is 2. The Kier molecular flexibility index (Phi) is 10.2. The number of esters is 2. The van der Waals surface area contributed by atoms with E-state index in [2.05, 4.69) is 0 Å². The molecule has 9 heteroatoms. The number of carbonyl (C=O) groups is 2. The minimum Gasteiger partial charge on any atom is -0.463 e. The highest BCUT2D eigenvalue weighted by Gasteiger charge is 2.49. The van der Waals surface area contributed by atoms with Crippen molar-refractivity contribution in [3.05, 3.63) is 29.8 Å². The Morgan fingerprint density at radius 3 is 2.37 bits per heavy atom. The summed E-state index contributed by atoms with van der Waals surface area (Å²) in [5, 5.41) is 0. The Labute approximate surface area is 183 Å². The van der Waals surface area contributed by atoms with E-state index in [0.717, 1.165) is 23.3 Å². The monoisotopic (exact) mass is 436 g/mol. The summed E-state index contributed by atoms with van der Waals surface area (Å²) in [5.41, 5.74) is 0.579. The highest BCUT2D eigenvalue weighted by Crippen LogP contribution is 2.37. The number of hydrogen-bond donors (Lipinski definition) is 0. The fourth-order valence-electron chi connectivity index (χ4n) is 3.09. The largest absolute Gasteiger partial charge is 0.463 e. The molecule has 0 spiro atoms. The van der Waals surface area contributed by atoms with Crippen molar-refractivity contribution in [1.29, 1.82) is 0 Å². The zero-order valence-electron chi connectivity index (χ0n) is 17.9. The van der Waals surface area contributed by atoms with Crippen molar-refractivity contribution >= 4 is 31.7 Å². The van der Waals surface area contributed by atoms with Crippen LogP contribution >= 0.6 is 11.8 Å². The molecular formula is C21H29BO7S. The zero-order chi connectivity index (χ0) is 22.1. The molecule has 1 saturated heterocycles. The average Bonchev–Trinajstić information content (AvgIpc) is 2.69. The van der Waals surface area contributed by atoms with Gasteiger partial charge in [-0.2, -0.15) is 0 Å². The first-order chi connectivity index (χ1) is 14.3. The molecule has 7 nitrogen and oxygen atoms in total. The molecule has 1 aliphatic rings. The molecular weight excluding hydrogens is 407 g/mol. The van der Waals surface area contributed by atoms with E-state index in [-0.39, 0.29) is 6.61 Å². The Hall–Kier alpha value is -1.55. The van der Waals surface area contributed by atoms with E-state index in [1.54, 1.807) is 0 Å². The third-order valence-electron chi connectivity index (χ3n) is 4.58. The zero-order valence-corrected chi connectivity index (χ0v) is 18.7. The second-order valence-electron chi connectivity index (χ2n) is 7.14. The van der Waals surface area contributed by atoms with Gasteiger partial charge in [0.2, 0.25) is 0 Å².